The van der Waals surface area contributed by atoms with Gasteiger partial charge in [-0.3, -0.25) is 0 Å². The van der Waals surface area contributed by atoms with Crippen molar-refractivity contribution in [2.75, 3.05) is 6.61 Å². The zero-order valence-electron chi connectivity index (χ0n) is 4.44. The first kappa shape index (κ1) is 10.0. The molecule has 1 N–H and O–H groups in total. The quantitative estimate of drug-likeness (QED) is 0.300. The average molecular weight is 96.1 g/mol. The van der Waals surface area contributed by atoms with E-state index in [1.165, 1.54) is 0 Å². The predicted octanol–water partition coefficient (Wildman–Crippen LogP) is -2.40. The standard InChI is InChI=1S/C4H9O.Na/c1-2-3-4-5;/h2,5H,3-4H2,1H3;/q-1;+1. The molecule has 0 saturated carbocycles. The maximum Gasteiger partial charge on any atom is 1.00 e. The van der Waals surface area contributed by atoms with Crippen LogP contribution in [0, 0.1) is 6.42 Å². The molecule has 32 valence electrons. The maximum atomic E-state index is 8.04. The summed E-state index contributed by atoms with van der Waals surface area (Å²) in [7, 11) is 0. The van der Waals surface area contributed by atoms with Crippen molar-refractivity contribution >= 4 is 0 Å². The zero-order valence-corrected chi connectivity index (χ0v) is 6.44. The molecule has 0 spiro atoms. The first-order valence-corrected chi connectivity index (χ1v) is 1.80. The third-order valence-electron chi connectivity index (χ3n) is 0.418. The molecule has 0 aromatic rings. The van der Waals surface area contributed by atoms with Crippen LogP contribution in [0.4, 0.5) is 0 Å². The van der Waals surface area contributed by atoms with Crippen LogP contribution in [-0.4, -0.2) is 11.7 Å². The molecule has 0 radical (unpaired) electrons. The van der Waals surface area contributed by atoms with Gasteiger partial charge < -0.3 is 11.5 Å². The Morgan fingerprint density at radius 2 is 2.17 bits per heavy atom. The topological polar surface area (TPSA) is 20.2 Å². The van der Waals surface area contributed by atoms with Crippen LogP contribution in [0.3, 0.4) is 0 Å². The molecule has 0 atom stereocenters. The Kier molecular flexibility index (Phi) is 15.7. The van der Waals surface area contributed by atoms with Gasteiger partial charge in [-0.05, 0) is 0 Å². The molecule has 0 aliphatic heterocycles. The summed E-state index contributed by atoms with van der Waals surface area (Å²) in [5.41, 5.74) is 0. The van der Waals surface area contributed by atoms with Gasteiger partial charge >= 0.3 is 29.6 Å². The summed E-state index contributed by atoms with van der Waals surface area (Å²) in [4.78, 5) is 0. The molecule has 0 amide bonds. The molecular formula is C4H9NaO. The van der Waals surface area contributed by atoms with E-state index < -0.39 is 0 Å². The molecule has 0 aromatic heterocycles. The van der Waals surface area contributed by atoms with Gasteiger partial charge in [0.2, 0.25) is 0 Å². The third-order valence-corrected chi connectivity index (χ3v) is 0.418. The van der Waals surface area contributed by atoms with E-state index in [4.69, 9.17) is 5.11 Å². The normalized spacial score (nSPS) is 7.00. The molecule has 0 aliphatic rings. The van der Waals surface area contributed by atoms with Crippen LogP contribution in [0.25, 0.3) is 0 Å². The first-order valence-electron chi connectivity index (χ1n) is 1.80. The van der Waals surface area contributed by atoms with E-state index >= 15 is 0 Å². The van der Waals surface area contributed by atoms with Crippen molar-refractivity contribution in [1.29, 1.82) is 0 Å². The number of aliphatic hydroxyl groups excluding tert-OH is 1. The Hall–Kier alpha value is 0.960. The smallest absolute Gasteiger partial charge is 0.399 e. The van der Waals surface area contributed by atoms with E-state index in [9.17, 15) is 0 Å². The Bertz CT molecular complexity index is 15.0. The summed E-state index contributed by atoms with van der Waals surface area (Å²) in [6, 6.07) is 0. The van der Waals surface area contributed by atoms with Crippen molar-refractivity contribution in [2.45, 2.75) is 13.3 Å². The fourth-order valence-corrected chi connectivity index (χ4v) is 0.129. The van der Waals surface area contributed by atoms with Crippen molar-refractivity contribution in [3.63, 3.8) is 0 Å². The van der Waals surface area contributed by atoms with E-state index in [2.05, 4.69) is 0 Å². The first-order chi connectivity index (χ1) is 2.41. The van der Waals surface area contributed by atoms with Gasteiger partial charge in [-0.1, -0.05) is 0 Å². The fourth-order valence-electron chi connectivity index (χ4n) is 0.129. The minimum atomic E-state index is 0. The molecule has 0 fully saturated rings. The van der Waals surface area contributed by atoms with E-state index in [0.29, 0.717) is 0 Å². The summed E-state index contributed by atoms with van der Waals surface area (Å²) in [6.07, 6.45) is 2.75. The van der Waals surface area contributed by atoms with Crippen LogP contribution < -0.4 is 29.6 Å². The molecule has 0 saturated heterocycles. The summed E-state index contributed by atoms with van der Waals surface area (Å²) in [6.45, 7) is 2.22. The van der Waals surface area contributed by atoms with Crippen LogP contribution in [0.15, 0.2) is 0 Å². The van der Waals surface area contributed by atoms with Crippen molar-refractivity contribution < 1.29 is 34.7 Å². The second-order valence-electron chi connectivity index (χ2n) is 0.921. The summed E-state index contributed by atoms with van der Waals surface area (Å²) >= 11 is 0. The monoisotopic (exact) mass is 96.1 g/mol. The molecule has 1 nitrogen and oxygen atoms in total. The van der Waals surface area contributed by atoms with Crippen LogP contribution >= 0.6 is 0 Å². The Morgan fingerprint density at radius 3 is 2.17 bits per heavy atom. The number of rotatable bonds is 2. The molecule has 0 aliphatic carbocycles. The Balaban J connectivity index is 0. The number of hydrogen-bond acceptors (Lipinski definition) is 1. The minimum Gasteiger partial charge on any atom is -0.399 e. The largest absolute Gasteiger partial charge is 1.00 e. The SMILES string of the molecule is C[CH-]CCO.[Na+]. The number of hydrogen-bond donors (Lipinski definition) is 1. The number of unbranched alkanes of at least 4 members (excludes halogenated alkanes) is 1. The summed E-state index contributed by atoms with van der Waals surface area (Å²) < 4.78 is 0. The second kappa shape index (κ2) is 9.35. The summed E-state index contributed by atoms with van der Waals surface area (Å²) in [5, 5.41) is 8.04. The van der Waals surface area contributed by atoms with Gasteiger partial charge in [-0.25, -0.2) is 0 Å². The van der Waals surface area contributed by atoms with E-state index in [1.807, 2.05) is 13.3 Å². The van der Waals surface area contributed by atoms with Crippen molar-refractivity contribution in [2.24, 2.45) is 0 Å². The molecule has 0 rings (SSSR count). The van der Waals surface area contributed by atoms with Gasteiger partial charge in [0.15, 0.2) is 0 Å². The molecule has 0 bridgehead atoms. The molecule has 2 heteroatoms. The molecule has 0 heterocycles. The van der Waals surface area contributed by atoms with Crippen molar-refractivity contribution in [3.05, 3.63) is 6.42 Å². The van der Waals surface area contributed by atoms with Gasteiger partial charge in [0.05, 0.1) is 0 Å². The maximum absolute atomic E-state index is 8.04. The van der Waals surface area contributed by atoms with Crippen LogP contribution in [-0.2, 0) is 0 Å². The van der Waals surface area contributed by atoms with Gasteiger partial charge in [-0.2, -0.15) is 13.3 Å². The van der Waals surface area contributed by atoms with E-state index in [0.717, 1.165) is 6.42 Å². The van der Waals surface area contributed by atoms with Crippen LogP contribution in [0.1, 0.15) is 13.3 Å². The molecule has 0 aromatic carbocycles. The molecular weight excluding hydrogens is 87.0 g/mol. The van der Waals surface area contributed by atoms with Gasteiger partial charge in [-0.15, -0.1) is 0 Å². The van der Waals surface area contributed by atoms with Crippen LogP contribution in [0.5, 0.6) is 0 Å². The Morgan fingerprint density at radius 1 is 1.67 bits per heavy atom. The van der Waals surface area contributed by atoms with Crippen molar-refractivity contribution in [1.82, 2.24) is 0 Å². The van der Waals surface area contributed by atoms with E-state index in [-0.39, 0.29) is 36.2 Å². The minimum absolute atomic E-state index is 0. The van der Waals surface area contributed by atoms with Crippen molar-refractivity contribution in [3.8, 4) is 0 Å². The summed E-state index contributed by atoms with van der Waals surface area (Å²) in [5.74, 6) is 0. The average Bonchev–Trinajstić information content (AvgIpc) is 1.41. The van der Waals surface area contributed by atoms with Gasteiger partial charge in [0.1, 0.15) is 0 Å². The molecule has 0 unspecified atom stereocenters. The van der Waals surface area contributed by atoms with Crippen LogP contribution in [0.2, 0.25) is 0 Å². The Labute approximate surface area is 61.0 Å². The third kappa shape index (κ3) is 8.88. The predicted molar refractivity (Wildman–Crippen MR) is 21.7 cm³/mol. The number of aliphatic hydroxyl groups is 1. The fraction of sp³-hybridized carbons (Fsp3) is 0.750. The van der Waals surface area contributed by atoms with Gasteiger partial charge in [0, 0.05) is 6.61 Å². The van der Waals surface area contributed by atoms with Gasteiger partial charge in [0.25, 0.3) is 0 Å². The zero-order chi connectivity index (χ0) is 4.12. The van der Waals surface area contributed by atoms with E-state index in [1.54, 1.807) is 0 Å². The molecule has 6 heavy (non-hydrogen) atoms. The second-order valence-corrected chi connectivity index (χ2v) is 0.921.